The molecule has 2 aromatic rings. The second-order valence-corrected chi connectivity index (χ2v) is 11.0. The summed E-state index contributed by atoms with van der Waals surface area (Å²) >= 11 is 6.35. The summed E-state index contributed by atoms with van der Waals surface area (Å²) in [5.41, 5.74) is 1.34. The van der Waals surface area contributed by atoms with E-state index in [1.165, 1.54) is 6.07 Å². The van der Waals surface area contributed by atoms with Gasteiger partial charge in [0.25, 0.3) is 0 Å². The third-order valence-corrected chi connectivity index (χ3v) is 7.94. The molecule has 2 atom stereocenters. The van der Waals surface area contributed by atoms with Gasteiger partial charge in [0.2, 0.25) is 0 Å². The second-order valence-electron chi connectivity index (χ2n) is 10.5. The number of unbranched alkanes of at least 4 members (excludes halogenated alkanes) is 1. The number of hydrogen-bond donors (Lipinski definition) is 1. The molecule has 0 bridgehead atoms. The SMILES string of the molecule is CCCCN1C(c2cccc(Cl)c2)CCN(CCC)C1Nc1ccc(N2CCN(C)CC2)c(C(F)(F)F)c1. The Labute approximate surface area is 230 Å². The molecule has 4 rings (SSSR count). The number of nitrogens with zero attached hydrogens (tertiary/aromatic N) is 4. The number of hydrogen-bond acceptors (Lipinski definition) is 5. The summed E-state index contributed by atoms with van der Waals surface area (Å²) in [5, 5.41) is 4.23. The van der Waals surface area contributed by atoms with Crippen LogP contribution >= 0.6 is 11.6 Å². The fourth-order valence-electron chi connectivity index (χ4n) is 5.67. The molecule has 2 aliphatic heterocycles. The molecule has 2 aromatic carbocycles. The van der Waals surface area contributed by atoms with E-state index < -0.39 is 11.7 Å². The molecule has 2 fully saturated rings. The van der Waals surface area contributed by atoms with Crippen molar-refractivity contribution in [1.29, 1.82) is 0 Å². The minimum absolute atomic E-state index is 0.137. The van der Waals surface area contributed by atoms with Crippen LogP contribution in [-0.4, -0.2) is 73.9 Å². The van der Waals surface area contributed by atoms with Crippen molar-refractivity contribution in [2.75, 3.05) is 63.1 Å². The first-order chi connectivity index (χ1) is 18.2. The largest absolute Gasteiger partial charge is 0.418 e. The smallest absolute Gasteiger partial charge is 0.368 e. The van der Waals surface area contributed by atoms with Gasteiger partial charge in [0.15, 0.2) is 0 Å². The van der Waals surface area contributed by atoms with E-state index in [4.69, 9.17) is 11.6 Å². The molecule has 0 aromatic heterocycles. The number of nitrogens with one attached hydrogen (secondary N) is 1. The number of rotatable bonds is 9. The van der Waals surface area contributed by atoms with Crippen LogP contribution in [0.3, 0.4) is 0 Å². The zero-order chi connectivity index (χ0) is 27.3. The number of likely N-dealkylation sites (N-methyl/N-ethyl adjacent to an activating group) is 1. The van der Waals surface area contributed by atoms with Gasteiger partial charge in [-0.15, -0.1) is 0 Å². The summed E-state index contributed by atoms with van der Waals surface area (Å²) in [6, 6.07) is 12.9. The predicted molar refractivity (Wildman–Crippen MR) is 151 cm³/mol. The Morgan fingerprint density at radius 3 is 2.37 bits per heavy atom. The van der Waals surface area contributed by atoms with Crippen LogP contribution in [0.15, 0.2) is 42.5 Å². The van der Waals surface area contributed by atoms with Gasteiger partial charge in [0.05, 0.1) is 5.56 Å². The maximum Gasteiger partial charge on any atom is 0.418 e. The Hall–Kier alpha value is -2.00. The van der Waals surface area contributed by atoms with E-state index in [2.05, 4.69) is 39.9 Å². The minimum Gasteiger partial charge on any atom is -0.368 e. The summed E-state index contributed by atoms with van der Waals surface area (Å²) < 4.78 is 42.9. The number of alkyl halides is 3. The quantitative estimate of drug-likeness (QED) is 0.371. The third-order valence-electron chi connectivity index (χ3n) is 7.71. The highest BCUT2D eigenvalue weighted by molar-refractivity contribution is 6.30. The molecular formula is C29H41ClF3N5. The molecule has 38 heavy (non-hydrogen) atoms. The maximum absolute atomic E-state index is 14.3. The Morgan fingerprint density at radius 2 is 1.71 bits per heavy atom. The van der Waals surface area contributed by atoms with Gasteiger partial charge in [0, 0.05) is 68.3 Å². The number of halogens is 4. The molecule has 2 saturated heterocycles. The zero-order valence-corrected chi connectivity index (χ0v) is 23.5. The fraction of sp³-hybridized carbons (Fsp3) is 0.586. The third kappa shape index (κ3) is 6.95. The highest BCUT2D eigenvalue weighted by atomic mass is 35.5. The van der Waals surface area contributed by atoms with Crippen molar-refractivity contribution in [3.8, 4) is 0 Å². The van der Waals surface area contributed by atoms with Gasteiger partial charge in [-0.3, -0.25) is 9.80 Å². The second kappa shape index (κ2) is 12.9. The Kier molecular flexibility index (Phi) is 9.84. The summed E-state index contributed by atoms with van der Waals surface area (Å²) in [7, 11) is 2.00. The first kappa shape index (κ1) is 29.0. The lowest BCUT2D eigenvalue weighted by Crippen LogP contribution is -2.59. The van der Waals surface area contributed by atoms with Gasteiger partial charge in [-0.2, -0.15) is 13.2 Å². The summed E-state index contributed by atoms with van der Waals surface area (Å²) in [5.74, 6) is 0. The highest BCUT2D eigenvalue weighted by Gasteiger charge is 2.38. The summed E-state index contributed by atoms with van der Waals surface area (Å²) in [6.07, 6.45) is -0.689. The van der Waals surface area contributed by atoms with Crippen LogP contribution in [0.2, 0.25) is 5.02 Å². The van der Waals surface area contributed by atoms with Crippen LogP contribution in [0.4, 0.5) is 24.5 Å². The molecule has 2 unspecified atom stereocenters. The van der Waals surface area contributed by atoms with E-state index in [9.17, 15) is 13.2 Å². The molecule has 0 amide bonds. The number of anilines is 2. The molecule has 9 heteroatoms. The van der Waals surface area contributed by atoms with Crippen molar-refractivity contribution in [2.45, 2.75) is 58.0 Å². The highest BCUT2D eigenvalue weighted by Crippen LogP contribution is 2.40. The Bertz CT molecular complexity index is 1040. The molecule has 1 N–H and O–H groups in total. The van der Waals surface area contributed by atoms with Gasteiger partial charge in [-0.05, 0) is 62.2 Å². The van der Waals surface area contributed by atoms with Gasteiger partial charge in [0.1, 0.15) is 6.29 Å². The first-order valence-electron chi connectivity index (χ1n) is 13.9. The molecule has 0 spiro atoms. The average Bonchev–Trinajstić information content (AvgIpc) is 2.89. The average molecular weight is 552 g/mol. The number of piperazine rings is 1. The van der Waals surface area contributed by atoms with Crippen LogP contribution in [0.5, 0.6) is 0 Å². The van der Waals surface area contributed by atoms with Crippen LogP contribution in [-0.2, 0) is 6.18 Å². The maximum atomic E-state index is 14.3. The van der Waals surface area contributed by atoms with Gasteiger partial charge < -0.3 is 15.1 Å². The molecule has 0 aliphatic carbocycles. The topological polar surface area (TPSA) is 25.0 Å². The first-order valence-corrected chi connectivity index (χ1v) is 14.3. The van der Waals surface area contributed by atoms with E-state index in [1.807, 2.05) is 36.2 Å². The molecule has 0 radical (unpaired) electrons. The molecule has 2 heterocycles. The van der Waals surface area contributed by atoms with Crippen molar-refractivity contribution in [3.63, 3.8) is 0 Å². The lowest BCUT2D eigenvalue weighted by molar-refractivity contribution is -0.137. The zero-order valence-electron chi connectivity index (χ0n) is 22.8. The van der Waals surface area contributed by atoms with Crippen LogP contribution in [0, 0.1) is 0 Å². The van der Waals surface area contributed by atoms with Gasteiger partial charge in [-0.25, -0.2) is 0 Å². The fourth-order valence-corrected chi connectivity index (χ4v) is 5.87. The monoisotopic (exact) mass is 551 g/mol. The van der Waals surface area contributed by atoms with E-state index in [-0.39, 0.29) is 18.0 Å². The van der Waals surface area contributed by atoms with E-state index >= 15 is 0 Å². The normalized spacial score (nSPS) is 22.1. The van der Waals surface area contributed by atoms with Crippen LogP contribution in [0.25, 0.3) is 0 Å². The predicted octanol–water partition coefficient (Wildman–Crippen LogP) is 6.77. The van der Waals surface area contributed by atoms with Gasteiger partial charge in [-0.1, -0.05) is 44.0 Å². The molecular weight excluding hydrogens is 511 g/mol. The van der Waals surface area contributed by atoms with Crippen LogP contribution in [0.1, 0.15) is 56.7 Å². The lowest BCUT2D eigenvalue weighted by atomic mass is 9.98. The Balaban J connectivity index is 1.67. The van der Waals surface area contributed by atoms with E-state index in [0.717, 1.165) is 64.0 Å². The van der Waals surface area contributed by atoms with Crippen molar-refractivity contribution >= 4 is 23.0 Å². The Morgan fingerprint density at radius 1 is 0.947 bits per heavy atom. The molecule has 0 saturated carbocycles. The standard InChI is InChI=1S/C29H41ClF3N5/c1-4-6-14-38-26(22-8-7-9-23(30)20-22)12-15-37(13-5-2)28(38)34-24-10-11-27(25(21-24)29(31,32)33)36-18-16-35(3)17-19-36/h7-11,20-21,26,28,34H,4-6,12-19H2,1-3H3. The van der Waals surface area contributed by atoms with Crippen molar-refractivity contribution in [2.24, 2.45) is 0 Å². The summed E-state index contributed by atoms with van der Waals surface area (Å²) in [6.45, 7) is 9.56. The lowest BCUT2D eigenvalue weighted by Gasteiger charge is -2.49. The summed E-state index contributed by atoms with van der Waals surface area (Å²) in [4.78, 5) is 8.78. The van der Waals surface area contributed by atoms with E-state index in [1.54, 1.807) is 6.07 Å². The van der Waals surface area contributed by atoms with Crippen LogP contribution < -0.4 is 10.2 Å². The van der Waals surface area contributed by atoms with E-state index in [0.29, 0.717) is 23.8 Å². The van der Waals surface area contributed by atoms with Crippen molar-refractivity contribution < 1.29 is 13.2 Å². The van der Waals surface area contributed by atoms with Crippen molar-refractivity contribution in [3.05, 3.63) is 58.6 Å². The molecule has 5 nitrogen and oxygen atoms in total. The van der Waals surface area contributed by atoms with Gasteiger partial charge >= 0.3 is 6.18 Å². The minimum atomic E-state index is -4.43. The molecule has 210 valence electrons. The number of benzene rings is 2. The van der Waals surface area contributed by atoms with Crippen molar-refractivity contribution in [1.82, 2.24) is 14.7 Å². The molecule has 2 aliphatic rings.